The van der Waals surface area contributed by atoms with Crippen LogP contribution in [0.5, 0.6) is 0 Å². The molecule has 3 fully saturated rings. The monoisotopic (exact) mass is 484 g/mol. The van der Waals surface area contributed by atoms with Crippen molar-refractivity contribution in [3.63, 3.8) is 0 Å². The van der Waals surface area contributed by atoms with Crippen molar-refractivity contribution < 1.29 is 19.1 Å². The number of nitrogens with zero attached hydrogens (tertiary/aromatic N) is 3. The second kappa shape index (κ2) is 11.5. The number of amides is 4. The molecule has 3 saturated heterocycles. The summed E-state index contributed by atoms with van der Waals surface area (Å²) < 4.78 is 5.28. The first-order valence-electron chi connectivity index (χ1n) is 13.1. The van der Waals surface area contributed by atoms with Gasteiger partial charge >= 0.3 is 6.03 Å². The van der Waals surface area contributed by atoms with Gasteiger partial charge in [-0.05, 0) is 68.3 Å². The van der Waals surface area contributed by atoms with Gasteiger partial charge in [-0.3, -0.25) is 9.59 Å². The predicted octanol–water partition coefficient (Wildman–Crippen LogP) is 3.36. The largest absolute Gasteiger partial charge is 0.383 e. The number of anilines is 1. The van der Waals surface area contributed by atoms with E-state index in [9.17, 15) is 14.4 Å². The average Bonchev–Trinajstić information content (AvgIpc) is 3.14. The van der Waals surface area contributed by atoms with Crippen LogP contribution < -0.4 is 10.2 Å². The first kappa shape index (κ1) is 25.6. The number of imide groups is 1. The molecule has 0 unspecified atom stereocenters. The lowest BCUT2D eigenvalue weighted by molar-refractivity contribution is -0.135. The van der Waals surface area contributed by atoms with Crippen molar-refractivity contribution in [2.75, 3.05) is 44.8 Å². The predicted molar refractivity (Wildman–Crippen MR) is 135 cm³/mol. The SMILES string of the molecule is COCCN(C[C@@H]1CCCN2CCCC[C@@H]12)C(=O)C[C@@H]1NC(=O)N(c2ccc(C(C)C)cc2)C1=O. The zero-order chi connectivity index (χ0) is 24.9. The maximum Gasteiger partial charge on any atom is 0.329 e. The molecule has 35 heavy (non-hydrogen) atoms. The van der Waals surface area contributed by atoms with Crippen LogP contribution in [0.3, 0.4) is 0 Å². The Morgan fingerprint density at radius 1 is 1.11 bits per heavy atom. The Labute approximate surface area is 209 Å². The summed E-state index contributed by atoms with van der Waals surface area (Å²) in [6.07, 6.45) is 5.96. The number of urea groups is 1. The number of hydrogen-bond donors (Lipinski definition) is 1. The third kappa shape index (κ3) is 5.86. The van der Waals surface area contributed by atoms with Gasteiger partial charge in [-0.2, -0.15) is 0 Å². The number of nitrogens with one attached hydrogen (secondary N) is 1. The van der Waals surface area contributed by atoms with Gasteiger partial charge in [0.1, 0.15) is 6.04 Å². The Bertz CT molecular complexity index is 901. The molecule has 8 heteroatoms. The number of rotatable bonds is 9. The van der Waals surface area contributed by atoms with Crippen molar-refractivity contribution in [3.05, 3.63) is 29.8 Å². The van der Waals surface area contributed by atoms with Gasteiger partial charge in [0.15, 0.2) is 0 Å². The molecule has 0 aromatic heterocycles. The molecule has 0 spiro atoms. The number of benzene rings is 1. The smallest absolute Gasteiger partial charge is 0.329 e. The Morgan fingerprint density at radius 3 is 2.57 bits per heavy atom. The van der Waals surface area contributed by atoms with Crippen LogP contribution >= 0.6 is 0 Å². The molecular weight excluding hydrogens is 444 g/mol. The highest BCUT2D eigenvalue weighted by molar-refractivity contribution is 6.22. The normalized spacial score (nSPS) is 25.0. The van der Waals surface area contributed by atoms with Gasteiger partial charge in [-0.1, -0.05) is 32.4 Å². The summed E-state index contributed by atoms with van der Waals surface area (Å²) in [5.74, 6) is 0.323. The quantitative estimate of drug-likeness (QED) is 0.544. The number of carbonyl (C=O) groups is 3. The topological polar surface area (TPSA) is 82.2 Å². The van der Waals surface area contributed by atoms with Gasteiger partial charge in [0.2, 0.25) is 5.91 Å². The first-order chi connectivity index (χ1) is 16.9. The van der Waals surface area contributed by atoms with E-state index in [2.05, 4.69) is 24.1 Å². The molecule has 3 atom stereocenters. The summed E-state index contributed by atoms with van der Waals surface area (Å²) in [6, 6.07) is 6.67. The van der Waals surface area contributed by atoms with Crippen LogP contribution in [0.2, 0.25) is 0 Å². The summed E-state index contributed by atoms with van der Waals surface area (Å²) in [5.41, 5.74) is 1.67. The molecule has 0 saturated carbocycles. The molecule has 1 aromatic rings. The molecule has 3 aliphatic heterocycles. The summed E-state index contributed by atoms with van der Waals surface area (Å²) in [4.78, 5) is 44.8. The number of methoxy groups -OCH3 is 1. The number of carbonyl (C=O) groups excluding carboxylic acids is 3. The molecule has 8 nitrogen and oxygen atoms in total. The van der Waals surface area contributed by atoms with Crippen LogP contribution in [0.1, 0.15) is 63.9 Å². The van der Waals surface area contributed by atoms with Crippen molar-refractivity contribution in [2.45, 2.75) is 70.4 Å². The van der Waals surface area contributed by atoms with Gasteiger partial charge < -0.3 is 19.9 Å². The van der Waals surface area contributed by atoms with Crippen LogP contribution in [-0.2, 0) is 14.3 Å². The maximum absolute atomic E-state index is 13.4. The van der Waals surface area contributed by atoms with Crippen LogP contribution in [0.4, 0.5) is 10.5 Å². The van der Waals surface area contributed by atoms with E-state index in [1.165, 1.54) is 19.3 Å². The van der Waals surface area contributed by atoms with E-state index in [-0.39, 0.29) is 18.2 Å². The number of hydrogen-bond acceptors (Lipinski definition) is 5. The maximum atomic E-state index is 13.4. The molecule has 0 bridgehead atoms. The minimum absolute atomic E-state index is 0.0318. The first-order valence-corrected chi connectivity index (χ1v) is 13.1. The van der Waals surface area contributed by atoms with Gasteiger partial charge in [-0.15, -0.1) is 0 Å². The highest BCUT2D eigenvalue weighted by Gasteiger charge is 2.41. The fourth-order valence-electron chi connectivity index (χ4n) is 5.82. The lowest BCUT2D eigenvalue weighted by Crippen LogP contribution is -2.52. The van der Waals surface area contributed by atoms with Gasteiger partial charge in [0.05, 0.1) is 18.7 Å². The molecule has 4 rings (SSSR count). The molecule has 0 radical (unpaired) electrons. The summed E-state index contributed by atoms with van der Waals surface area (Å²) in [5, 5.41) is 2.73. The molecule has 1 aromatic carbocycles. The van der Waals surface area contributed by atoms with Crippen molar-refractivity contribution >= 4 is 23.5 Å². The standard InChI is InChI=1S/C27H40N4O4/c1-19(2)20-9-11-22(12-10-20)31-26(33)23(28-27(31)34)17-25(32)30(15-16-35-3)18-21-7-6-14-29-13-5-4-8-24(21)29/h9-12,19,21,23-24H,4-8,13-18H2,1-3H3,(H,28,34)/t21-,23-,24-/m0/s1. The van der Waals surface area contributed by atoms with Crippen molar-refractivity contribution in [1.29, 1.82) is 0 Å². The number of fused-ring (bicyclic) bond motifs is 1. The highest BCUT2D eigenvalue weighted by Crippen LogP contribution is 2.32. The Morgan fingerprint density at radius 2 is 1.86 bits per heavy atom. The zero-order valence-corrected chi connectivity index (χ0v) is 21.4. The third-order valence-corrected chi connectivity index (χ3v) is 7.82. The molecule has 0 aliphatic carbocycles. The minimum Gasteiger partial charge on any atom is -0.383 e. The van der Waals surface area contributed by atoms with Gasteiger partial charge in [0, 0.05) is 26.2 Å². The van der Waals surface area contributed by atoms with Crippen LogP contribution in [0, 0.1) is 5.92 Å². The zero-order valence-electron chi connectivity index (χ0n) is 21.4. The highest BCUT2D eigenvalue weighted by atomic mass is 16.5. The fourth-order valence-corrected chi connectivity index (χ4v) is 5.82. The molecule has 3 aliphatic rings. The lowest BCUT2D eigenvalue weighted by atomic mass is 9.83. The number of ether oxygens (including phenoxy) is 1. The minimum atomic E-state index is -0.845. The molecule has 3 heterocycles. The third-order valence-electron chi connectivity index (χ3n) is 7.82. The molecule has 1 N–H and O–H groups in total. The van der Waals surface area contributed by atoms with Crippen LogP contribution in [0.15, 0.2) is 24.3 Å². The Balaban J connectivity index is 1.41. The van der Waals surface area contributed by atoms with E-state index >= 15 is 0 Å². The van der Waals surface area contributed by atoms with E-state index in [0.717, 1.165) is 36.4 Å². The summed E-state index contributed by atoms with van der Waals surface area (Å²) in [7, 11) is 1.63. The Kier molecular flexibility index (Phi) is 8.44. The van der Waals surface area contributed by atoms with E-state index < -0.39 is 12.1 Å². The van der Waals surface area contributed by atoms with E-state index in [1.54, 1.807) is 19.2 Å². The van der Waals surface area contributed by atoms with E-state index in [1.807, 2.05) is 17.0 Å². The fraction of sp³-hybridized carbons (Fsp3) is 0.667. The molecule has 192 valence electrons. The summed E-state index contributed by atoms with van der Waals surface area (Å²) >= 11 is 0. The van der Waals surface area contributed by atoms with Gasteiger partial charge in [0.25, 0.3) is 5.91 Å². The van der Waals surface area contributed by atoms with Crippen LogP contribution in [-0.4, -0.2) is 79.6 Å². The van der Waals surface area contributed by atoms with Crippen molar-refractivity contribution in [1.82, 2.24) is 15.1 Å². The van der Waals surface area contributed by atoms with Crippen molar-refractivity contribution in [2.24, 2.45) is 5.92 Å². The van der Waals surface area contributed by atoms with E-state index in [4.69, 9.17) is 4.74 Å². The van der Waals surface area contributed by atoms with Crippen molar-refractivity contribution in [3.8, 4) is 0 Å². The molecule has 4 amide bonds. The van der Waals surface area contributed by atoms with Crippen LogP contribution in [0.25, 0.3) is 0 Å². The number of piperidine rings is 2. The van der Waals surface area contributed by atoms with Gasteiger partial charge in [-0.25, -0.2) is 9.69 Å². The lowest BCUT2D eigenvalue weighted by Gasteiger charge is -2.45. The molecular formula is C27H40N4O4. The Hall–Kier alpha value is -2.45. The van der Waals surface area contributed by atoms with E-state index in [0.29, 0.717) is 43.3 Å². The summed E-state index contributed by atoms with van der Waals surface area (Å²) in [6.45, 7) is 8.13. The average molecular weight is 485 g/mol. The second-order valence-electron chi connectivity index (χ2n) is 10.5. The second-order valence-corrected chi connectivity index (χ2v) is 10.5.